The predicted molar refractivity (Wildman–Crippen MR) is 105 cm³/mol. The number of ether oxygens (including phenoxy) is 1. The molecular formula is C18H26N6O2S. The first kappa shape index (κ1) is 19.6. The third-order valence-corrected chi connectivity index (χ3v) is 5.34. The van der Waals surface area contributed by atoms with Gasteiger partial charge in [0, 0.05) is 12.2 Å². The van der Waals surface area contributed by atoms with E-state index in [-0.39, 0.29) is 6.03 Å². The Labute approximate surface area is 163 Å². The first-order valence-corrected chi connectivity index (χ1v) is 10.5. The van der Waals surface area contributed by atoms with Gasteiger partial charge in [0.25, 0.3) is 0 Å². The number of nitrogens with one attached hydrogen (secondary N) is 2. The molecule has 8 nitrogen and oxygen atoms in total. The molecule has 146 valence electrons. The van der Waals surface area contributed by atoms with E-state index in [0.29, 0.717) is 36.0 Å². The number of rotatable bonds is 7. The van der Waals surface area contributed by atoms with Crippen molar-refractivity contribution in [2.24, 2.45) is 5.92 Å². The summed E-state index contributed by atoms with van der Waals surface area (Å²) in [5, 5.41) is 18.0. The lowest BCUT2D eigenvalue weighted by molar-refractivity contribution is -0.00232. The molecule has 2 N–H and O–H groups in total. The van der Waals surface area contributed by atoms with Crippen molar-refractivity contribution in [3.8, 4) is 5.69 Å². The molecule has 1 saturated carbocycles. The van der Waals surface area contributed by atoms with Crippen LogP contribution in [0.3, 0.4) is 0 Å². The molecule has 0 spiro atoms. The lowest BCUT2D eigenvalue weighted by Gasteiger charge is -2.28. The summed E-state index contributed by atoms with van der Waals surface area (Å²) in [5.74, 6) is 0.604. The molecule has 2 amide bonds. The second-order valence-electron chi connectivity index (χ2n) is 6.68. The monoisotopic (exact) mass is 390 g/mol. The minimum Gasteiger partial charge on any atom is -0.376 e. The van der Waals surface area contributed by atoms with Gasteiger partial charge in [-0.05, 0) is 53.6 Å². The number of carbonyl (C=O) groups is 1. The van der Waals surface area contributed by atoms with Crippen molar-refractivity contribution in [3.63, 3.8) is 0 Å². The standard InChI is InChI=1S/C18H26N6O2S/c1-13-6-3-4-9-16(13)26-11-10-19-17(25)20-14-7-5-8-15(12-14)24-18(27-2)21-22-23-24/h5,7-8,12-13,16H,3-4,6,9-11H2,1-2H3,(H2,19,20,25)/t13-,16+/m1/s1. The Morgan fingerprint density at radius 1 is 1.37 bits per heavy atom. The molecule has 1 fully saturated rings. The molecule has 1 aromatic carbocycles. The van der Waals surface area contributed by atoms with Crippen LogP contribution in [0.5, 0.6) is 0 Å². The Bertz CT molecular complexity index is 753. The van der Waals surface area contributed by atoms with Gasteiger partial charge in [0.2, 0.25) is 5.16 Å². The van der Waals surface area contributed by atoms with Gasteiger partial charge in [-0.2, -0.15) is 4.68 Å². The van der Waals surface area contributed by atoms with Crippen LogP contribution >= 0.6 is 11.8 Å². The van der Waals surface area contributed by atoms with E-state index in [4.69, 9.17) is 4.74 Å². The van der Waals surface area contributed by atoms with Crippen LogP contribution in [0.4, 0.5) is 10.5 Å². The second-order valence-corrected chi connectivity index (χ2v) is 7.45. The third kappa shape index (κ3) is 5.43. The van der Waals surface area contributed by atoms with Gasteiger partial charge in [-0.1, -0.05) is 37.6 Å². The number of hydrogen-bond acceptors (Lipinski definition) is 6. The van der Waals surface area contributed by atoms with Crippen LogP contribution in [0.25, 0.3) is 5.69 Å². The molecule has 27 heavy (non-hydrogen) atoms. The first-order valence-electron chi connectivity index (χ1n) is 9.26. The Balaban J connectivity index is 1.46. The number of carbonyl (C=O) groups excluding carboxylic acids is 1. The fourth-order valence-corrected chi connectivity index (χ4v) is 3.70. The molecule has 0 bridgehead atoms. The maximum Gasteiger partial charge on any atom is 0.319 e. The molecule has 2 aromatic rings. The van der Waals surface area contributed by atoms with E-state index in [1.807, 2.05) is 30.5 Å². The van der Waals surface area contributed by atoms with Gasteiger partial charge in [0.1, 0.15) is 0 Å². The zero-order chi connectivity index (χ0) is 19.1. The quantitative estimate of drug-likeness (QED) is 0.557. The number of benzene rings is 1. The highest BCUT2D eigenvalue weighted by Crippen LogP contribution is 2.26. The average molecular weight is 391 g/mol. The molecule has 0 saturated heterocycles. The maximum atomic E-state index is 12.1. The number of urea groups is 1. The highest BCUT2D eigenvalue weighted by molar-refractivity contribution is 7.98. The summed E-state index contributed by atoms with van der Waals surface area (Å²) in [4.78, 5) is 12.1. The smallest absolute Gasteiger partial charge is 0.319 e. The minimum atomic E-state index is -0.255. The zero-order valence-corrected chi connectivity index (χ0v) is 16.5. The molecule has 9 heteroatoms. The van der Waals surface area contributed by atoms with Gasteiger partial charge >= 0.3 is 6.03 Å². The fourth-order valence-electron chi connectivity index (χ4n) is 3.26. The molecule has 1 aliphatic rings. The molecule has 2 atom stereocenters. The zero-order valence-electron chi connectivity index (χ0n) is 15.7. The molecule has 0 radical (unpaired) electrons. The van der Waals surface area contributed by atoms with Crippen molar-refractivity contribution in [1.29, 1.82) is 0 Å². The van der Waals surface area contributed by atoms with Crippen molar-refractivity contribution in [2.75, 3.05) is 24.7 Å². The van der Waals surface area contributed by atoms with Gasteiger partial charge in [0.05, 0.1) is 18.4 Å². The molecule has 3 rings (SSSR count). The van der Waals surface area contributed by atoms with Crippen LogP contribution in [0, 0.1) is 5.92 Å². The molecule has 1 heterocycles. The van der Waals surface area contributed by atoms with Crippen LogP contribution in [-0.2, 0) is 4.74 Å². The van der Waals surface area contributed by atoms with Crippen molar-refractivity contribution < 1.29 is 9.53 Å². The highest BCUT2D eigenvalue weighted by Gasteiger charge is 2.21. The summed E-state index contributed by atoms with van der Waals surface area (Å²) in [5.41, 5.74) is 1.46. The van der Waals surface area contributed by atoms with Gasteiger partial charge in [-0.25, -0.2) is 4.79 Å². The van der Waals surface area contributed by atoms with Crippen LogP contribution in [0.2, 0.25) is 0 Å². The number of amides is 2. The normalized spacial score (nSPS) is 19.6. The SMILES string of the molecule is CSc1nnnn1-c1cccc(NC(=O)NCCO[C@H]2CCCC[C@H]2C)c1. The summed E-state index contributed by atoms with van der Waals surface area (Å²) in [6.07, 6.45) is 7.11. The van der Waals surface area contributed by atoms with Gasteiger partial charge in [-0.3, -0.25) is 0 Å². The Morgan fingerprint density at radius 3 is 3.04 bits per heavy atom. The van der Waals surface area contributed by atoms with Crippen LogP contribution < -0.4 is 10.6 Å². The van der Waals surface area contributed by atoms with Crippen LogP contribution in [0.1, 0.15) is 32.6 Å². The van der Waals surface area contributed by atoms with Crippen molar-refractivity contribution in [1.82, 2.24) is 25.5 Å². The highest BCUT2D eigenvalue weighted by atomic mass is 32.2. The maximum absolute atomic E-state index is 12.1. The topological polar surface area (TPSA) is 94.0 Å². The van der Waals surface area contributed by atoms with Crippen molar-refractivity contribution in [2.45, 2.75) is 43.9 Å². The van der Waals surface area contributed by atoms with Gasteiger partial charge in [0.15, 0.2) is 0 Å². The first-order chi connectivity index (χ1) is 13.2. The number of aromatic nitrogens is 4. The van der Waals surface area contributed by atoms with Gasteiger partial charge < -0.3 is 15.4 Å². The average Bonchev–Trinajstić information content (AvgIpc) is 3.15. The Morgan fingerprint density at radius 2 is 2.22 bits per heavy atom. The molecule has 0 unspecified atom stereocenters. The summed E-state index contributed by atoms with van der Waals surface area (Å²) >= 11 is 1.46. The van der Waals surface area contributed by atoms with Gasteiger partial charge in [-0.15, -0.1) is 5.10 Å². The summed E-state index contributed by atoms with van der Waals surface area (Å²) in [6, 6.07) is 7.14. The Kier molecular flexibility index (Phi) is 7.05. The number of thioether (sulfide) groups is 1. The van der Waals surface area contributed by atoms with E-state index in [9.17, 15) is 4.79 Å². The van der Waals surface area contributed by atoms with Crippen LogP contribution in [-0.4, -0.2) is 51.7 Å². The van der Waals surface area contributed by atoms with E-state index in [0.717, 1.165) is 12.1 Å². The largest absolute Gasteiger partial charge is 0.376 e. The molecule has 1 aliphatic carbocycles. The Hall–Kier alpha value is -2.13. The number of hydrogen-bond donors (Lipinski definition) is 2. The number of anilines is 1. The van der Waals surface area contributed by atoms with E-state index in [1.54, 1.807) is 4.68 Å². The van der Waals surface area contributed by atoms with E-state index in [2.05, 4.69) is 33.1 Å². The summed E-state index contributed by atoms with van der Waals surface area (Å²) in [7, 11) is 0. The minimum absolute atomic E-state index is 0.255. The summed E-state index contributed by atoms with van der Waals surface area (Å²) < 4.78 is 7.55. The summed E-state index contributed by atoms with van der Waals surface area (Å²) in [6.45, 7) is 3.26. The molecule has 1 aromatic heterocycles. The van der Waals surface area contributed by atoms with E-state index >= 15 is 0 Å². The fraction of sp³-hybridized carbons (Fsp3) is 0.556. The lowest BCUT2D eigenvalue weighted by atomic mass is 9.88. The van der Waals surface area contributed by atoms with Crippen molar-refractivity contribution in [3.05, 3.63) is 24.3 Å². The molecular weight excluding hydrogens is 364 g/mol. The van der Waals surface area contributed by atoms with Crippen molar-refractivity contribution >= 4 is 23.5 Å². The third-order valence-electron chi connectivity index (χ3n) is 4.72. The molecule has 0 aliphatic heterocycles. The lowest BCUT2D eigenvalue weighted by Crippen LogP contribution is -2.34. The van der Waals surface area contributed by atoms with Crippen LogP contribution in [0.15, 0.2) is 29.4 Å². The van der Waals surface area contributed by atoms with E-state index in [1.165, 1.54) is 31.0 Å². The number of nitrogens with zero attached hydrogens (tertiary/aromatic N) is 4. The second kappa shape index (κ2) is 9.70. The predicted octanol–water partition coefficient (Wildman–Crippen LogP) is 3.10. The number of tetrazole rings is 1. The van der Waals surface area contributed by atoms with E-state index < -0.39 is 0 Å².